The first-order chi connectivity index (χ1) is 12.5. The lowest BCUT2D eigenvalue weighted by molar-refractivity contribution is -0.121. The Bertz CT molecular complexity index is 939. The summed E-state index contributed by atoms with van der Waals surface area (Å²) >= 11 is 6.58. The maximum absolute atomic E-state index is 12.0. The second-order valence-electron chi connectivity index (χ2n) is 5.15. The Hall–Kier alpha value is -3.02. The molecule has 0 radical (unpaired) electrons. The number of rotatable bonds is 4. The smallest absolute Gasteiger partial charge is 0.274 e. The number of nitrogens with zero attached hydrogens (tertiary/aromatic N) is 2. The van der Waals surface area contributed by atoms with E-state index in [0.29, 0.717) is 11.4 Å². The molecule has 0 unspecified atom stereocenters. The summed E-state index contributed by atoms with van der Waals surface area (Å²) in [5.41, 5.74) is 8.04. The summed E-state index contributed by atoms with van der Waals surface area (Å²) in [7, 11) is 0. The number of amides is 2. The largest absolute Gasteiger partial charge is 0.331 e. The molecule has 5 N–H and O–H groups in total. The zero-order chi connectivity index (χ0) is 18.5. The molecule has 0 aliphatic rings. The summed E-state index contributed by atoms with van der Waals surface area (Å²) < 4.78 is 1.85. The van der Waals surface area contributed by atoms with Crippen molar-refractivity contribution in [3.8, 4) is 0 Å². The molecule has 0 bridgehead atoms. The van der Waals surface area contributed by atoms with E-state index >= 15 is 0 Å². The molecule has 2 aromatic heterocycles. The minimum Gasteiger partial charge on any atom is -0.331 e. The van der Waals surface area contributed by atoms with E-state index in [1.807, 2.05) is 16.0 Å². The van der Waals surface area contributed by atoms with Gasteiger partial charge in [-0.25, -0.2) is 10.5 Å². The van der Waals surface area contributed by atoms with E-state index in [1.165, 1.54) is 23.5 Å². The maximum Gasteiger partial charge on any atom is 0.274 e. The molecule has 3 rings (SSSR count). The van der Waals surface area contributed by atoms with Gasteiger partial charge in [-0.2, -0.15) is 0 Å². The number of imidazole rings is 1. The number of hydroxylamine groups is 1. The van der Waals surface area contributed by atoms with E-state index in [2.05, 4.69) is 21.2 Å². The fourth-order valence-corrected chi connectivity index (χ4v) is 3.05. The molecule has 0 saturated heterocycles. The van der Waals surface area contributed by atoms with Crippen molar-refractivity contribution in [3.05, 3.63) is 53.3 Å². The van der Waals surface area contributed by atoms with Gasteiger partial charge in [-0.1, -0.05) is 6.07 Å². The van der Waals surface area contributed by atoms with Crippen molar-refractivity contribution in [2.45, 2.75) is 6.42 Å². The van der Waals surface area contributed by atoms with Crippen LogP contribution in [0.1, 0.15) is 16.1 Å². The summed E-state index contributed by atoms with van der Waals surface area (Å²) in [6.07, 6.45) is 3.77. The van der Waals surface area contributed by atoms with Crippen molar-refractivity contribution in [2.24, 2.45) is 0 Å². The Morgan fingerprint density at radius 3 is 2.92 bits per heavy atom. The third-order valence-corrected chi connectivity index (χ3v) is 4.26. The molecule has 2 heterocycles. The minimum atomic E-state index is -0.638. The van der Waals surface area contributed by atoms with Gasteiger partial charge in [0.15, 0.2) is 10.1 Å². The van der Waals surface area contributed by atoms with Crippen LogP contribution in [0.3, 0.4) is 0 Å². The van der Waals surface area contributed by atoms with Crippen LogP contribution < -0.4 is 21.6 Å². The molecule has 134 valence electrons. The Morgan fingerprint density at radius 2 is 2.15 bits per heavy atom. The molecular formula is C15H14N6O3S2. The molecule has 0 spiro atoms. The topological polar surface area (TPSA) is 120 Å². The van der Waals surface area contributed by atoms with Crippen molar-refractivity contribution in [2.75, 3.05) is 5.32 Å². The summed E-state index contributed by atoms with van der Waals surface area (Å²) in [4.78, 5) is 28.5. The number of carbonyl (C=O) groups excluding carboxylic acids is 2. The lowest BCUT2D eigenvalue weighted by Crippen LogP contribution is -2.44. The van der Waals surface area contributed by atoms with Crippen LogP contribution in [0, 0.1) is 0 Å². The van der Waals surface area contributed by atoms with Gasteiger partial charge in [0.1, 0.15) is 0 Å². The minimum absolute atomic E-state index is 0.107. The van der Waals surface area contributed by atoms with Crippen LogP contribution in [0.15, 0.2) is 42.0 Å². The lowest BCUT2D eigenvalue weighted by Gasteiger charge is -2.11. The monoisotopic (exact) mass is 390 g/mol. The molecule has 11 heteroatoms. The van der Waals surface area contributed by atoms with E-state index in [0.717, 1.165) is 4.96 Å². The second kappa shape index (κ2) is 7.91. The highest BCUT2D eigenvalue weighted by molar-refractivity contribution is 7.80. The van der Waals surface area contributed by atoms with E-state index in [-0.39, 0.29) is 23.0 Å². The molecular weight excluding hydrogens is 376 g/mol. The van der Waals surface area contributed by atoms with E-state index in [9.17, 15) is 9.59 Å². The Morgan fingerprint density at radius 1 is 1.31 bits per heavy atom. The van der Waals surface area contributed by atoms with Crippen LogP contribution in [-0.2, 0) is 11.2 Å². The van der Waals surface area contributed by atoms with Gasteiger partial charge in [-0.3, -0.25) is 30.0 Å². The fraction of sp³-hybridized carbons (Fsp3) is 0.0667. The highest BCUT2D eigenvalue weighted by Gasteiger charge is 2.09. The zero-order valence-electron chi connectivity index (χ0n) is 13.2. The van der Waals surface area contributed by atoms with Gasteiger partial charge in [0.05, 0.1) is 12.1 Å². The first-order valence-electron chi connectivity index (χ1n) is 7.36. The van der Waals surface area contributed by atoms with E-state index in [4.69, 9.17) is 17.4 Å². The zero-order valence-corrected chi connectivity index (χ0v) is 14.9. The molecule has 0 aliphatic carbocycles. The summed E-state index contributed by atoms with van der Waals surface area (Å²) in [6, 6.07) is 6.34. The highest BCUT2D eigenvalue weighted by Crippen LogP contribution is 2.12. The average Bonchev–Trinajstić information content (AvgIpc) is 3.21. The summed E-state index contributed by atoms with van der Waals surface area (Å²) in [5, 5.41) is 13.5. The van der Waals surface area contributed by atoms with Crippen molar-refractivity contribution in [1.82, 2.24) is 25.7 Å². The molecule has 1 aromatic carbocycles. The molecule has 0 atom stereocenters. The first kappa shape index (κ1) is 17.8. The first-order valence-corrected chi connectivity index (χ1v) is 8.65. The molecule has 0 fully saturated rings. The number of anilines is 1. The van der Waals surface area contributed by atoms with Crippen LogP contribution in [-0.4, -0.2) is 31.5 Å². The quantitative estimate of drug-likeness (QED) is 0.257. The number of hydrazine groups is 1. The van der Waals surface area contributed by atoms with Gasteiger partial charge in [0.2, 0.25) is 5.91 Å². The molecule has 26 heavy (non-hydrogen) atoms. The third-order valence-electron chi connectivity index (χ3n) is 3.28. The summed E-state index contributed by atoms with van der Waals surface area (Å²) in [5.74, 6) is -0.936. The van der Waals surface area contributed by atoms with Crippen molar-refractivity contribution >= 4 is 51.1 Å². The van der Waals surface area contributed by atoms with E-state index in [1.54, 1.807) is 23.8 Å². The standard InChI is InChI=1S/C15H14N6O3S2/c22-12(7-11-8-21-4-5-26-15(21)17-11)18-19-14(25)16-10-3-1-2-9(6-10)13(23)20-24/h1-6,8,24H,7H2,(H,18,22)(H,20,23)(H2,16,19,25). The number of nitrogens with one attached hydrogen (secondary N) is 4. The Labute approximate surface area is 157 Å². The number of aromatic nitrogens is 2. The number of fused-ring (bicyclic) bond motifs is 1. The number of benzene rings is 1. The Balaban J connectivity index is 1.49. The van der Waals surface area contributed by atoms with Gasteiger partial charge in [0.25, 0.3) is 5.91 Å². The van der Waals surface area contributed by atoms with Crippen LogP contribution in [0.5, 0.6) is 0 Å². The number of carbonyl (C=O) groups is 2. The number of hydrogen-bond acceptors (Lipinski definition) is 6. The van der Waals surface area contributed by atoms with E-state index < -0.39 is 5.91 Å². The van der Waals surface area contributed by atoms with Gasteiger partial charge in [-0.15, -0.1) is 11.3 Å². The predicted molar refractivity (Wildman–Crippen MR) is 100.0 cm³/mol. The second-order valence-corrected chi connectivity index (χ2v) is 6.43. The molecule has 0 saturated carbocycles. The van der Waals surface area contributed by atoms with Crippen LogP contribution in [0.4, 0.5) is 5.69 Å². The average molecular weight is 390 g/mol. The molecule has 9 nitrogen and oxygen atoms in total. The number of thiazole rings is 1. The predicted octanol–water partition coefficient (Wildman–Crippen LogP) is 1.08. The van der Waals surface area contributed by atoms with Crippen molar-refractivity contribution in [3.63, 3.8) is 0 Å². The van der Waals surface area contributed by atoms with Gasteiger partial charge in [0, 0.05) is 29.0 Å². The SMILES string of the molecule is O=C(Cc1cn2ccsc2n1)NNC(=S)Nc1cccc(C(=O)NO)c1. The molecule has 2 amide bonds. The lowest BCUT2D eigenvalue weighted by atomic mass is 10.2. The Kier molecular flexibility index (Phi) is 5.41. The van der Waals surface area contributed by atoms with Gasteiger partial charge >= 0.3 is 0 Å². The van der Waals surface area contributed by atoms with Crippen molar-refractivity contribution < 1.29 is 14.8 Å². The molecule has 3 aromatic rings. The van der Waals surface area contributed by atoms with Crippen molar-refractivity contribution in [1.29, 1.82) is 0 Å². The van der Waals surface area contributed by atoms with Crippen LogP contribution >= 0.6 is 23.6 Å². The van der Waals surface area contributed by atoms with Crippen LogP contribution in [0.2, 0.25) is 0 Å². The van der Waals surface area contributed by atoms with Gasteiger partial charge < -0.3 is 5.32 Å². The normalized spacial score (nSPS) is 10.3. The third kappa shape index (κ3) is 4.33. The van der Waals surface area contributed by atoms with Gasteiger partial charge in [-0.05, 0) is 30.4 Å². The highest BCUT2D eigenvalue weighted by atomic mass is 32.1. The van der Waals surface area contributed by atoms with Crippen LogP contribution in [0.25, 0.3) is 4.96 Å². The number of hydrogen-bond donors (Lipinski definition) is 5. The summed E-state index contributed by atoms with van der Waals surface area (Å²) in [6.45, 7) is 0. The maximum atomic E-state index is 12.0. The molecule has 0 aliphatic heterocycles. The number of thiocarbonyl (C=S) groups is 1. The fourth-order valence-electron chi connectivity index (χ4n) is 2.16.